The molecule has 1 aromatic carbocycles. The average Bonchev–Trinajstić information content (AvgIpc) is 2.93. The predicted molar refractivity (Wildman–Crippen MR) is 139 cm³/mol. The van der Waals surface area contributed by atoms with E-state index in [1.54, 1.807) is 6.20 Å². The molecule has 0 aliphatic carbocycles. The summed E-state index contributed by atoms with van der Waals surface area (Å²) in [5, 5.41) is 6.68. The summed E-state index contributed by atoms with van der Waals surface area (Å²) in [6.45, 7) is 4.63. The summed E-state index contributed by atoms with van der Waals surface area (Å²) in [7, 11) is 0. The van der Waals surface area contributed by atoms with Crippen LogP contribution in [0.5, 0.6) is 0 Å². The number of hydrogen-bond acceptors (Lipinski definition) is 7. The number of halogens is 1. The fourth-order valence-corrected chi connectivity index (χ4v) is 4.71. The zero-order chi connectivity index (χ0) is 21.9. The lowest BCUT2D eigenvalue weighted by atomic mass is 10.1. The molecule has 0 bridgehead atoms. The Labute approximate surface area is 206 Å². The number of aromatic nitrogens is 3. The van der Waals surface area contributed by atoms with Crippen molar-refractivity contribution in [2.45, 2.75) is 12.8 Å². The summed E-state index contributed by atoms with van der Waals surface area (Å²) in [5.74, 6) is 0.549. The van der Waals surface area contributed by atoms with Crippen LogP contribution in [0.1, 0.15) is 11.1 Å². The van der Waals surface area contributed by atoms with Gasteiger partial charge < -0.3 is 15.4 Å². The molecule has 32 heavy (non-hydrogen) atoms. The van der Waals surface area contributed by atoms with Crippen molar-refractivity contribution in [3.63, 3.8) is 0 Å². The molecular weight excluding hydrogens is 535 g/mol. The molecule has 0 spiro atoms. The monoisotopic (exact) mass is 558 g/mol. The maximum atomic E-state index is 5.51. The highest BCUT2D eigenvalue weighted by atomic mass is 127. The minimum atomic E-state index is 0.549. The van der Waals surface area contributed by atoms with Gasteiger partial charge in [0.15, 0.2) is 0 Å². The molecule has 0 amide bonds. The molecule has 2 aliphatic rings. The molecule has 2 aromatic heterocycles. The van der Waals surface area contributed by atoms with Crippen molar-refractivity contribution in [1.29, 1.82) is 0 Å². The van der Waals surface area contributed by atoms with E-state index in [4.69, 9.17) is 21.9 Å². The number of benzene rings is 1. The number of rotatable bonds is 5. The molecule has 164 valence electrons. The molecule has 0 radical (unpaired) electrons. The normalized spacial score (nSPS) is 16.0. The van der Waals surface area contributed by atoms with E-state index in [-0.39, 0.29) is 0 Å². The Balaban J connectivity index is 1.36. The third kappa shape index (κ3) is 5.06. The Hall–Kier alpha value is -2.21. The first-order valence-electron chi connectivity index (χ1n) is 10.6. The number of nitrogens with one attached hydrogen (secondary N) is 2. The number of nitrogens with zero attached hydrogens (tertiary/aromatic N) is 4. The third-order valence-electron chi connectivity index (χ3n) is 5.60. The van der Waals surface area contributed by atoms with Crippen molar-refractivity contribution in [1.82, 2.24) is 19.9 Å². The standard InChI is InChI=1S/C23H23IN6OS/c24-17-1-2-19-20(11-17)28-21(32)10-16-13-26-23(29-22(16)19)27-18-9-15(12-25-14-18)3-4-30-5-7-31-8-6-30/h1-2,9,11-14H,3-8,10H2,(H,28,32)(H,26,27,29). The number of ether oxygens (including phenoxy) is 1. The van der Waals surface area contributed by atoms with Crippen LogP contribution in [0.15, 0.2) is 42.9 Å². The van der Waals surface area contributed by atoms with Gasteiger partial charge in [0.05, 0.1) is 35.8 Å². The lowest BCUT2D eigenvalue weighted by molar-refractivity contribution is 0.0384. The van der Waals surface area contributed by atoms with E-state index in [9.17, 15) is 0 Å². The fourth-order valence-electron chi connectivity index (χ4n) is 3.96. The number of pyridine rings is 1. The van der Waals surface area contributed by atoms with Gasteiger partial charge in [0.1, 0.15) is 0 Å². The van der Waals surface area contributed by atoms with Crippen LogP contribution in [-0.2, 0) is 17.6 Å². The van der Waals surface area contributed by atoms with Crippen LogP contribution >= 0.6 is 34.8 Å². The Morgan fingerprint density at radius 1 is 1.16 bits per heavy atom. The van der Waals surface area contributed by atoms with Crippen LogP contribution in [0.2, 0.25) is 0 Å². The highest BCUT2D eigenvalue weighted by Crippen LogP contribution is 2.34. The Bertz CT molecular complexity index is 1150. The number of thiocarbonyl (C=S) groups is 1. The molecule has 5 rings (SSSR count). The Morgan fingerprint density at radius 2 is 2.03 bits per heavy atom. The van der Waals surface area contributed by atoms with Crippen LogP contribution in [0, 0.1) is 3.57 Å². The lowest BCUT2D eigenvalue weighted by Crippen LogP contribution is -2.37. The zero-order valence-electron chi connectivity index (χ0n) is 17.5. The molecule has 0 atom stereocenters. The van der Waals surface area contributed by atoms with E-state index < -0.39 is 0 Å². The van der Waals surface area contributed by atoms with E-state index in [0.29, 0.717) is 12.4 Å². The average molecular weight is 558 g/mol. The van der Waals surface area contributed by atoms with E-state index in [0.717, 1.165) is 76.0 Å². The fraction of sp³-hybridized carbons (Fsp3) is 0.304. The highest BCUT2D eigenvalue weighted by Gasteiger charge is 2.19. The second-order valence-corrected chi connectivity index (χ2v) is 9.63. The SMILES string of the molecule is S=C1Cc2cnc(Nc3cncc(CCN4CCOCC4)c3)nc2-c2ccc(I)cc2N1. The van der Waals surface area contributed by atoms with Crippen LogP contribution in [-0.4, -0.2) is 57.7 Å². The maximum Gasteiger partial charge on any atom is 0.227 e. The minimum Gasteiger partial charge on any atom is -0.379 e. The summed E-state index contributed by atoms with van der Waals surface area (Å²) in [4.78, 5) is 17.0. The molecule has 0 saturated carbocycles. The van der Waals surface area contributed by atoms with Gasteiger partial charge in [-0.25, -0.2) is 9.97 Å². The van der Waals surface area contributed by atoms with E-state index in [1.165, 1.54) is 5.56 Å². The quantitative estimate of drug-likeness (QED) is 0.359. The first kappa shape index (κ1) is 21.6. The highest BCUT2D eigenvalue weighted by molar-refractivity contribution is 14.1. The lowest BCUT2D eigenvalue weighted by Gasteiger charge is -2.26. The summed E-state index contributed by atoms with van der Waals surface area (Å²) in [5.41, 5.74) is 6.00. The number of anilines is 3. The molecule has 1 saturated heterocycles. The molecular formula is C23H23IN6OS. The second kappa shape index (κ2) is 9.74. The molecule has 9 heteroatoms. The Kier molecular flexibility index (Phi) is 6.58. The second-order valence-electron chi connectivity index (χ2n) is 7.89. The van der Waals surface area contributed by atoms with Gasteiger partial charge in [0.25, 0.3) is 0 Å². The molecule has 1 fully saturated rings. The Morgan fingerprint density at radius 3 is 2.91 bits per heavy atom. The first-order chi connectivity index (χ1) is 15.6. The van der Waals surface area contributed by atoms with Crippen molar-refractivity contribution in [3.05, 3.63) is 57.6 Å². The minimum absolute atomic E-state index is 0.549. The largest absolute Gasteiger partial charge is 0.379 e. The number of hydrogen-bond donors (Lipinski definition) is 2. The first-order valence-corrected chi connectivity index (χ1v) is 12.1. The van der Waals surface area contributed by atoms with E-state index in [2.05, 4.69) is 72.4 Å². The summed E-state index contributed by atoms with van der Waals surface area (Å²) < 4.78 is 6.57. The summed E-state index contributed by atoms with van der Waals surface area (Å²) in [6.07, 6.45) is 7.16. The van der Waals surface area contributed by atoms with E-state index in [1.807, 2.05) is 12.4 Å². The predicted octanol–water partition coefficient (Wildman–Crippen LogP) is 4.06. The van der Waals surface area contributed by atoms with Gasteiger partial charge in [-0.3, -0.25) is 9.88 Å². The number of fused-ring (bicyclic) bond motifs is 3. The summed E-state index contributed by atoms with van der Waals surface area (Å²) >= 11 is 7.81. The van der Waals surface area contributed by atoms with Gasteiger partial charge in [-0.05, 0) is 58.8 Å². The van der Waals surface area contributed by atoms with Gasteiger partial charge >= 0.3 is 0 Å². The van der Waals surface area contributed by atoms with E-state index >= 15 is 0 Å². The van der Waals surface area contributed by atoms with Crippen LogP contribution in [0.3, 0.4) is 0 Å². The molecule has 2 aliphatic heterocycles. The van der Waals surface area contributed by atoms with Crippen LogP contribution in [0.4, 0.5) is 17.3 Å². The van der Waals surface area contributed by atoms with Crippen molar-refractivity contribution < 1.29 is 4.74 Å². The topological polar surface area (TPSA) is 75.2 Å². The summed E-state index contributed by atoms with van der Waals surface area (Å²) in [6, 6.07) is 8.38. The van der Waals surface area contributed by atoms with Crippen LogP contribution in [0.25, 0.3) is 11.3 Å². The number of morpholine rings is 1. The zero-order valence-corrected chi connectivity index (χ0v) is 20.4. The molecule has 7 nitrogen and oxygen atoms in total. The van der Waals surface area contributed by atoms with Gasteiger partial charge in [-0.1, -0.05) is 12.2 Å². The van der Waals surface area contributed by atoms with Crippen molar-refractivity contribution in [3.8, 4) is 11.3 Å². The van der Waals surface area contributed by atoms with Gasteiger partial charge in [0.2, 0.25) is 5.95 Å². The molecule has 2 N–H and O–H groups in total. The third-order valence-corrected chi connectivity index (χ3v) is 6.52. The van der Waals surface area contributed by atoms with Crippen molar-refractivity contribution in [2.24, 2.45) is 0 Å². The molecule has 0 unspecified atom stereocenters. The van der Waals surface area contributed by atoms with Gasteiger partial charge in [-0.15, -0.1) is 0 Å². The molecule has 4 heterocycles. The van der Waals surface area contributed by atoms with Crippen molar-refractivity contribution >= 4 is 57.1 Å². The van der Waals surface area contributed by atoms with Gasteiger partial charge in [0, 0.05) is 58.8 Å². The van der Waals surface area contributed by atoms with Crippen molar-refractivity contribution in [2.75, 3.05) is 43.5 Å². The maximum absolute atomic E-state index is 5.51. The molecule has 3 aromatic rings. The van der Waals surface area contributed by atoms with Crippen LogP contribution < -0.4 is 10.6 Å². The smallest absolute Gasteiger partial charge is 0.227 e. The van der Waals surface area contributed by atoms with Gasteiger partial charge in [-0.2, -0.15) is 0 Å².